The summed E-state index contributed by atoms with van der Waals surface area (Å²) in [4.78, 5) is 12.9. The van der Waals surface area contributed by atoms with Crippen LogP contribution in [0.25, 0.3) is 0 Å². The number of aldehydes is 1. The minimum Gasteiger partial charge on any atom is -0.303 e. The number of benzene rings is 1. The lowest BCUT2D eigenvalue weighted by Gasteiger charge is -2.03. The molecule has 1 aromatic rings. The van der Waals surface area contributed by atoms with Gasteiger partial charge in [-0.25, -0.2) is 0 Å². The van der Waals surface area contributed by atoms with E-state index >= 15 is 0 Å². The van der Waals surface area contributed by atoms with Gasteiger partial charge in [-0.2, -0.15) is 0 Å². The van der Waals surface area contributed by atoms with Crippen LogP contribution in [0.15, 0.2) is 52.3 Å². The Morgan fingerprint density at radius 3 is 2.37 bits per heavy atom. The van der Waals surface area contributed by atoms with Crippen molar-refractivity contribution < 1.29 is 4.79 Å². The average molecular weight is 276 g/mol. The van der Waals surface area contributed by atoms with Crippen LogP contribution in [0.2, 0.25) is 0 Å². The number of carbonyl (C=O) groups is 1. The zero-order valence-electron chi connectivity index (χ0n) is 12.3. The van der Waals surface area contributed by atoms with Gasteiger partial charge >= 0.3 is 0 Å². The molecule has 2 heteroatoms. The van der Waals surface area contributed by atoms with Gasteiger partial charge in [0.1, 0.15) is 6.29 Å². The molecular formula is C17H24OS. The van der Waals surface area contributed by atoms with Gasteiger partial charge in [0, 0.05) is 11.3 Å². The first-order valence-corrected chi connectivity index (χ1v) is 7.61. The Balaban J connectivity index is 0.00000154. The number of hydrogen-bond donors (Lipinski definition) is 0. The monoisotopic (exact) mass is 276 g/mol. The molecule has 19 heavy (non-hydrogen) atoms. The molecule has 0 amide bonds. The predicted molar refractivity (Wildman–Crippen MR) is 86.6 cm³/mol. The van der Waals surface area contributed by atoms with Crippen molar-refractivity contribution in [3.05, 3.63) is 53.0 Å². The smallest absolute Gasteiger partial charge is 0.124 e. The SMILES string of the molecule is CC.CC/C=C\C=C(/CC=O)Sc1ccc(C)cc1. The summed E-state index contributed by atoms with van der Waals surface area (Å²) in [5.74, 6) is 0. The fourth-order valence-electron chi connectivity index (χ4n) is 1.29. The van der Waals surface area contributed by atoms with Crippen LogP contribution >= 0.6 is 11.8 Å². The molecule has 0 atom stereocenters. The van der Waals surface area contributed by atoms with E-state index in [4.69, 9.17) is 0 Å². The molecule has 0 radical (unpaired) electrons. The van der Waals surface area contributed by atoms with Gasteiger partial charge in [-0.3, -0.25) is 0 Å². The summed E-state index contributed by atoms with van der Waals surface area (Å²) in [5, 5.41) is 0. The summed E-state index contributed by atoms with van der Waals surface area (Å²) in [6.45, 7) is 8.16. The standard InChI is InChI=1S/C15H18OS.C2H6/c1-3-4-5-6-14(11-12-16)17-15-9-7-13(2)8-10-15;1-2/h4-10,12H,3,11H2,1-2H3;1-2H3/b5-4-,14-6+;. The largest absolute Gasteiger partial charge is 0.303 e. The van der Waals surface area contributed by atoms with Crippen molar-refractivity contribution in [3.8, 4) is 0 Å². The van der Waals surface area contributed by atoms with Gasteiger partial charge in [0.15, 0.2) is 0 Å². The molecule has 0 aliphatic rings. The molecule has 0 aromatic heterocycles. The third-order valence-electron chi connectivity index (χ3n) is 2.21. The Labute approximate surface area is 121 Å². The van der Waals surface area contributed by atoms with Gasteiger partial charge in [0.2, 0.25) is 0 Å². The van der Waals surface area contributed by atoms with E-state index in [9.17, 15) is 4.79 Å². The van der Waals surface area contributed by atoms with Crippen LogP contribution in [0.4, 0.5) is 0 Å². The molecule has 0 N–H and O–H groups in total. The number of thioether (sulfide) groups is 1. The summed E-state index contributed by atoms with van der Waals surface area (Å²) < 4.78 is 0. The fourth-order valence-corrected chi connectivity index (χ4v) is 2.17. The molecule has 0 aliphatic carbocycles. The minimum atomic E-state index is 0.479. The van der Waals surface area contributed by atoms with Gasteiger partial charge in [0.05, 0.1) is 0 Å². The van der Waals surface area contributed by atoms with Crippen molar-refractivity contribution in [3.63, 3.8) is 0 Å². The lowest BCUT2D eigenvalue weighted by atomic mass is 10.2. The zero-order chi connectivity index (χ0) is 14.5. The first kappa shape index (κ1) is 17.7. The molecule has 1 nitrogen and oxygen atoms in total. The quantitative estimate of drug-likeness (QED) is 0.385. The third-order valence-corrected chi connectivity index (χ3v) is 3.28. The van der Waals surface area contributed by atoms with Crippen molar-refractivity contribution in [1.29, 1.82) is 0 Å². The third kappa shape index (κ3) is 8.44. The van der Waals surface area contributed by atoms with E-state index < -0.39 is 0 Å². The van der Waals surface area contributed by atoms with E-state index in [1.807, 2.05) is 26.0 Å². The Morgan fingerprint density at radius 1 is 1.21 bits per heavy atom. The van der Waals surface area contributed by atoms with Crippen LogP contribution < -0.4 is 0 Å². The zero-order valence-corrected chi connectivity index (χ0v) is 13.2. The summed E-state index contributed by atoms with van der Waals surface area (Å²) in [6, 6.07) is 8.34. The summed E-state index contributed by atoms with van der Waals surface area (Å²) in [7, 11) is 0. The van der Waals surface area contributed by atoms with Crippen LogP contribution in [-0.2, 0) is 4.79 Å². The molecule has 0 unspecified atom stereocenters. The highest BCUT2D eigenvalue weighted by atomic mass is 32.2. The second-order valence-electron chi connectivity index (χ2n) is 3.76. The molecule has 0 bridgehead atoms. The predicted octanol–water partition coefficient (Wildman–Crippen LogP) is 5.55. The molecule has 0 aliphatic heterocycles. The highest BCUT2D eigenvalue weighted by molar-refractivity contribution is 8.03. The van der Waals surface area contributed by atoms with Gasteiger partial charge in [0.25, 0.3) is 0 Å². The van der Waals surface area contributed by atoms with Crippen molar-refractivity contribution in [2.75, 3.05) is 0 Å². The Morgan fingerprint density at radius 2 is 1.84 bits per heavy atom. The Hall–Kier alpha value is -1.28. The number of allylic oxidation sites excluding steroid dienone is 4. The maximum atomic E-state index is 10.6. The number of aryl methyl sites for hydroxylation is 1. The first-order chi connectivity index (χ1) is 9.26. The van der Waals surface area contributed by atoms with Crippen molar-refractivity contribution in [2.45, 2.75) is 45.4 Å². The van der Waals surface area contributed by atoms with E-state index in [1.54, 1.807) is 11.8 Å². The number of carbonyl (C=O) groups excluding carboxylic acids is 1. The van der Waals surface area contributed by atoms with E-state index in [0.29, 0.717) is 6.42 Å². The van der Waals surface area contributed by atoms with Crippen LogP contribution in [0, 0.1) is 6.92 Å². The van der Waals surface area contributed by atoms with Crippen LogP contribution in [-0.4, -0.2) is 6.29 Å². The van der Waals surface area contributed by atoms with Crippen molar-refractivity contribution in [1.82, 2.24) is 0 Å². The molecule has 0 fully saturated rings. The Bertz CT molecular complexity index is 402. The van der Waals surface area contributed by atoms with Gasteiger partial charge in [-0.05, 0) is 30.4 Å². The highest BCUT2D eigenvalue weighted by Gasteiger charge is 1.99. The number of rotatable bonds is 6. The van der Waals surface area contributed by atoms with Crippen LogP contribution in [0.3, 0.4) is 0 Å². The molecule has 0 saturated heterocycles. The van der Waals surface area contributed by atoms with Crippen molar-refractivity contribution in [2.24, 2.45) is 0 Å². The van der Waals surface area contributed by atoms with Gasteiger partial charge < -0.3 is 4.79 Å². The fraction of sp³-hybridized carbons (Fsp3) is 0.353. The summed E-state index contributed by atoms with van der Waals surface area (Å²) >= 11 is 1.65. The maximum Gasteiger partial charge on any atom is 0.124 e. The maximum absolute atomic E-state index is 10.6. The molecular weight excluding hydrogens is 252 g/mol. The summed E-state index contributed by atoms with van der Waals surface area (Å²) in [5.41, 5.74) is 1.25. The van der Waals surface area contributed by atoms with Gasteiger partial charge in [-0.1, -0.05) is 68.5 Å². The first-order valence-electron chi connectivity index (χ1n) is 6.80. The number of hydrogen-bond acceptors (Lipinski definition) is 2. The van der Waals surface area contributed by atoms with Crippen molar-refractivity contribution >= 4 is 18.0 Å². The highest BCUT2D eigenvalue weighted by Crippen LogP contribution is 2.28. The molecule has 1 aromatic carbocycles. The normalized spacial score (nSPS) is 11.1. The Kier molecular flexibility index (Phi) is 11.0. The topological polar surface area (TPSA) is 17.1 Å². The second-order valence-corrected chi connectivity index (χ2v) is 4.96. The van der Waals surface area contributed by atoms with Crippen LogP contribution in [0.5, 0.6) is 0 Å². The van der Waals surface area contributed by atoms with Crippen LogP contribution in [0.1, 0.15) is 39.2 Å². The van der Waals surface area contributed by atoms with Gasteiger partial charge in [-0.15, -0.1) is 0 Å². The lowest BCUT2D eigenvalue weighted by molar-refractivity contribution is -0.107. The minimum absolute atomic E-state index is 0.479. The van der Waals surface area contributed by atoms with E-state index in [2.05, 4.69) is 44.2 Å². The molecule has 104 valence electrons. The van der Waals surface area contributed by atoms with E-state index in [-0.39, 0.29) is 0 Å². The molecule has 1 rings (SSSR count). The molecule has 0 spiro atoms. The van der Waals surface area contributed by atoms with E-state index in [0.717, 1.165) is 17.6 Å². The second kappa shape index (κ2) is 11.8. The molecule has 0 heterocycles. The van der Waals surface area contributed by atoms with E-state index in [1.165, 1.54) is 10.5 Å². The average Bonchev–Trinajstić information content (AvgIpc) is 2.44. The summed E-state index contributed by atoms with van der Waals surface area (Å²) in [6.07, 6.45) is 8.56. The molecule has 0 saturated carbocycles. The lowest BCUT2D eigenvalue weighted by Crippen LogP contribution is -1.80.